The van der Waals surface area contributed by atoms with Crippen LogP contribution in [0.2, 0.25) is 0 Å². The molecule has 0 saturated carbocycles. The molecule has 110 valence electrons. The van der Waals surface area contributed by atoms with E-state index in [0.29, 0.717) is 11.1 Å². The average Bonchev–Trinajstić information content (AvgIpc) is 2.48. The second-order valence-electron chi connectivity index (χ2n) is 4.90. The van der Waals surface area contributed by atoms with Crippen LogP contribution in [0.1, 0.15) is 27.0 Å². The maximum Gasteiger partial charge on any atom is 0.369 e. The number of rotatable bonds is 4. The van der Waals surface area contributed by atoms with Crippen LogP contribution in [-0.2, 0) is 0 Å². The molecule has 6 nitrogen and oxygen atoms in total. The zero-order chi connectivity index (χ0) is 16.3. The normalized spacial score (nSPS) is 9.91. The lowest BCUT2D eigenvalue weighted by atomic mass is 9.96. The number of carbonyl (C=O) groups is 1. The van der Waals surface area contributed by atoms with Gasteiger partial charge in [0.1, 0.15) is 0 Å². The summed E-state index contributed by atoms with van der Waals surface area (Å²) in [5.41, 5.74) is 11.5. The molecule has 0 spiro atoms. The first-order valence-electron chi connectivity index (χ1n) is 6.53. The van der Waals surface area contributed by atoms with Crippen LogP contribution in [0.4, 0.5) is 5.69 Å². The molecule has 6 heteroatoms. The van der Waals surface area contributed by atoms with Gasteiger partial charge in [-0.3, -0.25) is 14.9 Å². The van der Waals surface area contributed by atoms with Gasteiger partial charge in [0.05, 0.1) is 10.5 Å². The fourth-order valence-corrected chi connectivity index (χ4v) is 2.17. The predicted octanol–water partition coefficient (Wildman–Crippen LogP) is 3.11. The number of aryl methyl sites for hydroxylation is 2. The van der Waals surface area contributed by atoms with Crippen molar-refractivity contribution in [1.82, 2.24) is 0 Å². The summed E-state index contributed by atoms with van der Waals surface area (Å²) >= 11 is 0. The molecule has 0 heterocycles. The molecule has 0 aliphatic rings. The zero-order valence-corrected chi connectivity index (χ0v) is 12.1. The van der Waals surface area contributed by atoms with Crippen molar-refractivity contribution in [2.75, 3.05) is 0 Å². The van der Waals surface area contributed by atoms with Crippen LogP contribution < -0.4 is 0 Å². The van der Waals surface area contributed by atoms with E-state index in [1.807, 2.05) is 13.0 Å². The Morgan fingerprint density at radius 2 is 1.77 bits per heavy atom. The molecule has 0 radical (unpaired) electrons. The molecule has 0 amide bonds. The first-order chi connectivity index (χ1) is 10.4. The molecule has 22 heavy (non-hydrogen) atoms. The van der Waals surface area contributed by atoms with Gasteiger partial charge in [0.2, 0.25) is 0 Å². The van der Waals surface area contributed by atoms with E-state index in [-0.39, 0.29) is 11.4 Å². The summed E-state index contributed by atoms with van der Waals surface area (Å²) in [4.78, 5) is 25.7. The summed E-state index contributed by atoms with van der Waals surface area (Å²) in [6.07, 6.45) is 0. The topological polar surface area (TPSA) is 96.6 Å². The molecule has 0 fully saturated rings. The average molecular weight is 295 g/mol. The number of benzene rings is 2. The minimum Gasteiger partial charge on any atom is -0.361 e. The lowest BCUT2D eigenvalue weighted by Gasteiger charge is -2.03. The van der Waals surface area contributed by atoms with Crippen LogP contribution in [0, 0.1) is 24.0 Å². The Kier molecular flexibility index (Phi) is 4.25. The van der Waals surface area contributed by atoms with Crippen LogP contribution in [0.5, 0.6) is 0 Å². The quantitative estimate of drug-likeness (QED) is 0.216. The maximum atomic E-state index is 12.5. The number of nitro benzene ring substituents is 1. The summed E-state index contributed by atoms with van der Waals surface area (Å²) in [5.74, 6) is -0.436. The molecule has 0 aromatic heterocycles. The summed E-state index contributed by atoms with van der Waals surface area (Å²) in [7, 11) is 0. The molecule has 0 unspecified atom stereocenters. The number of non-ortho nitro benzene ring substituents is 1. The van der Waals surface area contributed by atoms with Crippen molar-refractivity contribution in [1.29, 1.82) is 0 Å². The van der Waals surface area contributed by atoms with Gasteiger partial charge < -0.3 is 5.53 Å². The minimum absolute atomic E-state index is 0.0972. The van der Waals surface area contributed by atoms with Gasteiger partial charge in [0.15, 0.2) is 0 Å². The second-order valence-corrected chi connectivity index (χ2v) is 4.90. The number of nitrogens with zero attached hydrogens (tertiary/aromatic N) is 3. The third kappa shape index (κ3) is 2.97. The van der Waals surface area contributed by atoms with E-state index in [4.69, 9.17) is 5.53 Å². The van der Waals surface area contributed by atoms with Crippen LogP contribution in [0.25, 0.3) is 5.53 Å². The molecule has 0 saturated heterocycles. The highest BCUT2D eigenvalue weighted by atomic mass is 16.6. The molecule has 0 aliphatic carbocycles. The third-order valence-electron chi connectivity index (χ3n) is 3.29. The van der Waals surface area contributed by atoms with Crippen molar-refractivity contribution < 1.29 is 14.5 Å². The lowest BCUT2D eigenvalue weighted by Crippen LogP contribution is -2.18. The highest BCUT2D eigenvalue weighted by Gasteiger charge is 2.26. The molecule has 0 N–H and O–H groups in total. The fraction of sp³-hybridized carbons (Fsp3) is 0.125. The van der Waals surface area contributed by atoms with E-state index in [2.05, 4.69) is 4.79 Å². The predicted molar refractivity (Wildman–Crippen MR) is 81.1 cm³/mol. The summed E-state index contributed by atoms with van der Waals surface area (Å²) in [6.45, 7) is 3.71. The van der Waals surface area contributed by atoms with E-state index in [1.165, 1.54) is 24.3 Å². The van der Waals surface area contributed by atoms with Crippen LogP contribution in [0.3, 0.4) is 0 Å². The van der Waals surface area contributed by atoms with E-state index in [0.717, 1.165) is 11.1 Å². The van der Waals surface area contributed by atoms with Crippen molar-refractivity contribution in [3.05, 3.63) is 80.4 Å². The number of ketones is 1. The molecular formula is C16H13N3O3. The molecule has 2 aromatic carbocycles. The van der Waals surface area contributed by atoms with Crippen molar-refractivity contribution in [2.24, 2.45) is 0 Å². The van der Waals surface area contributed by atoms with Crippen molar-refractivity contribution in [3.8, 4) is 0 Å². The first-order valence-corrected chi connectivity index (χ1v) is 6.53. The number of hydrogen-bond acceptors (Lipinski definition) is 3. The van der Waals surface area contributed by atoms with Crippen LogP contribution in [0.15, 0.2) is 42.5 Å². The summed E-state index contributed by atoms with van der Waals surface area (Å²) in [6, 6.07) is 10.6. The highest BCUT2D eigenvalue weighted by molar-refractivity contribution is 6.49. The third-order valence-corrected chi connectivity index (χ3v) is 3.29. The van der Waals surface area contributed by atoms with Gasteiger partial charge in [-0.1, -0.05) is 23.8 Å². The van der Waals surface area contributed by atoms with Gasteiger partial charge in [-0.05, 0) is 31.5 Å². The van der Waals surface area contributed by atoms with Crippen molar-refractivity contribution >= 4 is 17.2 Å². The van der Waals surface area contributed by atoms with E-state index in [1.54, 1.807) is 19.1 Å². The Balaban J connectivity index is 2.42. The van der Waals surface area contributed by atoms with Gasteiger partial charge in [0, 0.05) is 17.7 Å². The van der Waals surface area contributed by atoms with Gasteiger partial charge in [-0.2, -0.15) is 4.79 Å². The van der Waals surface area contributed by atoms with Crippen LogP contribution in [-0.4, -0.2) is 21.2 Å². The number of hydrogen-bond donors (Lipinski definition) is 0. The van der Waals surface area contributed by atoms with Gasteiger partial charge in [0.25, 0.3) is 11.5 Å². The minimum atomic E-state index is -0.536. The standard InChI is InChI=1S/C16H13N3O3/c1-10-3-8-14(11(2)9-10)16(20)15(18-17)12-4-6-13(7-5-12)19(21)22/h3-9H,1-2H3. The summed E-state index contributed by atoms with van der Waals surface area (Å²) in [5, 5.41) is 10.6. The maximum absolute atomic E-state index is 12.5. The van der Waals surface area contributed by atoms with Crippen LogP contribution >= 0.6 is 0 Å². The van der Waals surface area contributed by atoms with Crippen molar-refractivity contribution in [3.63, 3.8) is 0 Å². The number of carbonyl (C=O) groups excluding carboxylic acids is 1. The Morgan fingerprint density at radius 3 is 2.27 bits per heavy atom. The smallest absolute Gasteiger partial charge is 0.361 e. The Morgan fingerprint density at radius 1 is 1.14 bits per heavy atom. The monoisotopic (exact) mass is 295 g/mol. The first kappa shape index (κ1) is 15.3. The molecule has 2 rings (SSSR count). The second kappa shape index (κ2) is 6.11. The molecule has 2 aromatic rings. The Bertz CT molecular complexity index is 804. The van der Waals surface area contributed by atoms with E-state index < -0.39 is 10.7 Å². The highest BCUT2D eigenvalue weighted by Crippen LogP contribution is 2.16. The Hall–Kier alpha value is -3.11. The molecular weight excluding hydrogens is 282 g/mol. The van der Waals surface area contributed by atoms with E-state index >= 15 is 0 Å². The zero-order valence-electron chi connectivity index (χ0n) is 12.1. The van der Waals surface area contributed by atoms with Gasteiger partial charge in [-0.15, -0.1) is 0 Å². The van der Waals surface area contributed by atoms with Gasteiger partial charge >= 0.3 is 5.71 Å². The van der Waals surface area contributed by atoms with Gasteiger partial charge in [-0.25, -0.2) is 0 Å². The fourth-order valence-electron chi connectivity index (χ4n) is 2.17. The Labute approximate surface area is 126 Å². The molecule has 0 aliphatic heterocycles. The van der Waals surface area contributed by atoms with E-state index in [9.17, 15) is 14.9 Å². The number of Topliss-reactive ketones (excluding diaryl/α,β-unsaturated/α-hetero) is 1. The molecule has 0 atom stereocenters. The summed E-state index contributed by atoms with van der Waals surface area (Å²) < 4.78 is 0. The lowest BCUT2D eigenvalue weighted by molar-refractivity contribution is -0.384. The molecule has 0 bridgehead atoms. The SMILES string of the molecule is Cc1ccc(C(=O)C(=[N+]=[N-])c2ccc([N+](=O)[O-])cc2)c(C)c1. The largest absolute Gasteiger partial charge is 0.369 e. The van der Waals surface area contributed by atoms with Crippen molar-refractivity contribution in [2.45, 2.75) is 13.8 Å². The number of nitro groups is 1.